The molecule has 1 aromatic carbocycles. The molecule has 7 heteroatoms. The Morgan fingerprint density at radius 3 is 3.00 bits per heavy atom. The van der Waals surface area contributed by atoms with Gasteiger partial charge in [0.15, 0.2) is 0 Å². The van der Waals surface area contributed by atoms with Crippen LogP contribution in [0.2, 0.25) is 0 Å². The minimum absolute atomic E-state index is 0. The van der Waals surface area contributed by atoms with Crippen molar-refractivity contribution in [1.82, 2.24) is 7.96 Å². The molecule has 0 atom stereocenters. The summed E-state index contributed by atoms with van der Waals surface area (Å²) in [5.74, 6) is 0. The summed E-state index contributed by atoms with van der Waals surface area (Å²) in [7, 11) is 0. The number of aromatic nitrogens is 2. The fraction of sp³-hybridized carbons (Fsp3) is 0. The van der Waals surface area contributed by atoms with E-state index >= 15 is 0 Å². The fourth-order valence-electron chi connectivity index (χ4n) is 0.877. The topological polar surface area (TPSA) is 68.9 Å². The van der Waals surface area contributed by atoms with Crippen LogP contribution in [-0.2, 0) is 32.7 Å². The second-order valence-electron chi connectivity index (χ2n) is 2.08. The monoisotopic (exact) mass is 317 g/mol. The van der Waals surface area contributed by atoms with E-state index in [1.54, 1.807) is 0 Å². The molecule has 0 aliphatic carbocycles. The summed E-state index contributed by atoms with van der Waals surface area (Å²) in [4.78, 5) is 10.0. The summed E-state index contributed by atoms with van der Waals surface area (Å²) >= 11 is -0.231. The third-order valence-corrected chi connectivity index (χ3v) is 2.50. The van der Waals surface area contributed by atoms with Gasteiger partial charge in [0, 0.05) is 32.7 Å². The van der Waals surface area contributed by atoms with E-state index in [2.05, 4.69) is 14.0 Å². The summed E-state index contributed by atoms with van der Waals surface area (Å²) in [6, 6.07) is 5.68. The van der Waals surface area contributed by atoms with Gasteiger partial charge in [-0.15, -0.1) is 0 Å². The van der Waals surface area contributed by atoms with E-state index < -0.39 is 4.92 Å². The predicted octanol–water partition coefficient (Wildman–Crippen LogP) is 0.393. The minimum atomic E-state index is -0.451. The van der Waals surface area contributed by atoms with Crippen LogP contribution in [0.15, 0.2) is 12.1 Å². The number of nitro benzene ring substituents is 1. The number of rotatable bonds is 1. The first-order chi connectivity index (χ1) is 5.79. The van der Waals surface area contributed by atoms with Crippen molar-refractivity contribution in [3.8, 4) is 0 Å². The van der Waals surface area contributed by atoms with E-state index in [0.29, 0.717) is 11.0 Å². The number of nitro groups is 1. The maximum absolute atomic E-state index is 10.5. The molecule has 0 spiro atoms. The molecular weight excluding hydrogens is 314 g/mol. The average Bonchev–Trinajstić information content (AvgIpc) is 2.49. The second-order valence-corrected chi connectivity index (χ2v) is 3.19. The Morgan fingerprint density at radius 2 is 2.31 bits per heavy atom. The van der Waals surface area contributed by atoms with Gasteiger partial charge in [0.1, 0.15) is 0 Å². The molecule has 2 aromatic rings. The van der Waals surface area contributed by atoms with Crippen molar-refractivity contribution < 1.29 is 37.6 Å². The molecule has 1 radical (unpaired) electrons. The van der Waals surface area contributed by atoms with E-state index in [1.807, 2.05) is 0 Å². The number of nitrogens with zero attached hydrogens (tertiary/aromatic N) is 3. The molecule has 0 N–H and O–H groups in total. The van der Waals surface area contributed by atoms with Crippen molar-refractivity contribution in [2.45, 2.75) is 0 Å². The van der Waals surface area contributed by atoms with Crippen molar-refractivity contribution in [3.05, 3.63) is 28.3 Å². The van der Waals surface area contributed by atoms with Crippen molar-refractivity contribution in [3.63, 3.8) is 0 Å². The Kier molecular flexibility index (Phi) is 3.67. The molecule has 0 unspecified atom stereocenters. The van der Waals surface area contributed by atoms with Crippen LogP contribution >= 0.6 is 0 Å². The van der Waals surface area contributed by atoms with E-state index in [1.165, 1.54) is 12.1 Å². The third kappa shape index (κ3) is 2.02. The molecule has 0 aliphatic rings. The van der Waals surface area contributed by atoms with Gasteiger partial charge >= 0.3 is 72.9 Å². The molecule has 1 aromatic heterocycles. The zero-order chi connectivity index (χ0) is 8.55. The smallest absolute Gasteiger partial charge is 0 e. The zero-order valence-electron chi connectivity index (χ0n) is 6.30. The van der Waals surface area contributed by atoms with Crippen LogP contribution in [0.25, 0.3) is 11.0 Å². The summed E-state index contributed by atoms with van der Waals surface area (Å²) in [6.07, 6.45) is 0. The van der Waals surface area contributed by atoms with E-state index in [-0.39, 0.29) is 53.4 Å². The Bertz CT molecular complexity index is 444. The molecular formula is C6H2N3O2SeY-. The summed E-state index contributed by atoms with van der Waals surface area (Å²) in [6.45, 7) is 0. The summed E-state index contributed by atoms with van der Waals surface area (Å²) in [5, 5.41) is 10.5. The van der Waals surface area contributed by atoms with Gasteiger partial charge in [-0.05, 0) is 0 Å². The van der Waals surface area contributed by atoms with Crippen LogP contribution in [0.4, 0.5) is 5.69 Å². The quantitative estimate of drug-likeness (QED) is 0.330. The number of hydrogen-bond donors (Lipinski definition) is 0. The first kappa shape index (κ1) is 10.9. The third-order valence-electron chi connectivity index (χ3n) is 1.39. The Hall–Kier alpha value is -0.157. The Balaban J connectivity index is 0.000000845. The van der Waals surface area contributed by atoms with Crippen molar-refractivity contribution in [2.24, 2.45) is 0 Å². The molecule has 13 heavy (non-hydrogen) atoms. The van der Waals surface area contributed by atoms with Crippen LogP contribution in [0.5, 0.6) is 0 Å². The average molecular weight is 316 g/mol. The van der Waals surface area contributed by atoms with E-state index in [9.17, 15) is 10.1 Å². The molecule has 63 valence electrons. The SMILES string of the molecule is O=[N+]([O-])c1cc[c-]c2n[se]nc12.[Y]. The van der Waals surface area contributed by atoms with Gasteiger partial charge in [0.05, 0.1) is 0 Å². The molecule has 0 bridgehead atoms. The van der Waals surface area contributed by atoms with Crippen LogP contribution in [0.1, 0.15) is 0 Å². The Morgan fingerprint density at radius 1 is 1.54 bits per heavy atom. The number of non-ortho nitro benzene ring substituents is 1. The molecule has 2 rings (SSSR count). The van der Waals surface area contributed by atoms with Crippen molar-refractivity contribution in [1.29, 1.82) is 0 Å². The molecule has 0 fully saturated rings. The zero-order valence-corrected chi connectivity index (χ0v) is 10.8. The van der Waals surface area contributed by atoms with E-state index in [0.717, 1.165) is 0 Å². The number of benzene rings is 1. The molecule has 0 aliphatic heterocycles. The van der Waals surface area contributed by atoms with Crippen LogP contribution < -0.4 is 0 Å². The van der Waals surface area contributed by atoms with Gasteiger partial charge < -0.3 is 0 Å². The minimum Gasteiger partial charge on any atom is 0 e. The maximum atomic E-state index is 10.5. The standard InChI is InChI=1S/C6H2N3O2Se.Y/c10-9(11)5-3-1-2-4-6(5)8-12-7-4;/h1,3H;/q-1;. The van der Waals surface area contributed by atoms with Gasteiger partial charge in [0.25, 0.3) is 0 Å². The van der Waals surface area contributed by atoms with Crippen LogP contribution in [0, 0.1) is 16.2 Å². The predicted molar refractivity (Wildman–Crippen MR) is 42.0 cm³/mol. The summed E-state index contributed by atoms with van der Waals surface area (Å²) < 4.78 is 7.92. The van der Waals surface area contributed by atoms with Gasteiger partial charge in [-0.1, -0.05) is 0 Å². The van der Waals surface area contributed by atoms with Gasteiger partial charge in [0.2, 0.25) is 0 Å². The van der Waals surface area contributed by atoms with Crippen LogP contribution in [0.3, 0.4) is 0 Å². The molecule has 0 saturated heterocycles. The van der Waals surface area contributed by atoms with Crippen molar-refractivity contribution in [2.75, 3.05) is 0 Å². The number of fused-ring (bicyclic) bond motifs is 1. The first-order valence-corrected chi connectivity index (χ1v) is 4.59. The normalized spacial score (nSPS) is 9.54. The molecule has 1 heterocycles. The largest absolute Gasteiger partial charge is 0 e. The van der Waals surface area contributed by atoms with Crippen LogP contribution in [-0.4, -0.2) is 27.8 Å². The van der Waals surface area contributed by atoms with E-state index in [4.69, 9.17) is 0 Å². The fourth-order valence-corrected chi connectivity index (χ4v) is 1.98. The molecule has 0 amide bonds. The maximum Gasteiger partial charge on any atom is 0 e. The Labute approximate surface area is 105 Å². The van der Waals surface area contributed by atoms with Gasteiger partial charge in [-0.2, -0.15) is 0 Å². The first-order valence-electron chi connectivity index (χ1n) is 3.06. The van der Waals surface area contributed by atoms with Gasteiger partial charge in [-0.25, -0.2) is 0 Å². The van der Waals surface area contributed by atoms with Gasteiger partial charge in [-0.3, -0.25) is 0 Å². The second kappa shape index (κ2) is 4.37. The van der Waals surface area contributed by atoms with Crippen molar-refractivity contribution >= 4 is 31.7 Å². The summed E-state index contributed by atoms with van der Waals surface area (Å²) in [5.41, 5.74) is 0.915. The molecule has 0 saturated carbocycles. The molecule has 5 nitrogen and oxygen atoms in total. The number of hydrogen-bond acceptors (Lipinski definition) is 4.